The lowest BCUT2D eigenvalue weighted by molar-refractivity contribution is -0.384. The first-order chi connectivity index (χ1) is 14.9. The molecule has 0 radical (unpaired) electrons. The summed E-state index contributed by atoms with van der Waals surface area (Å²) in [6.07, 6.45) is -2.40. The van der Waals surface area contributed by atoms with Crippen LogP contribution in [0.3, 0.4) is 0 Å². The van der Waals surface area contributed by atoms with Gasteiger partial charge in [0.1, 0.15) is 23.8 Å². The SMILES string of the molecule is Nc1nc(SCCc2ccc([N+](=O)[O-])cc2)nc2c1ncn2[C@@H]1O[C@H](CO)C(O)C1O. The van der Waals surface area contributed by atoms with Gasteiger partial charge in [-0.25, -0.2) is 15.0 Å². The molecule has 0 spiro atoms. The maximum absolute atomic E-state index is 10.7. The summed E-state index contributed by atoms with van der Waals surface area (Å²) in [5, 5.41) is 40.7. The van der Waals surface area contributed by atoms with E-state index in [9.17, 15) is 25.4 Å². The van der Waals surface area contributed by atoms with E-state index >= 15 is 0 Å². The predicted octanol–water partition coefficient (Wildman–Crippen LogP) is 0.263. The number of thioether (sulfide) groups is 1. The number of rotatable bonds is 7. The van der Waals surface area contributed by atoms with Crippen LogP contribution >= 0.6 is 11.8 Å². The fourth-order valence-corrected chi connectivity index (χ4v) is 4.16. The number of aryl methyl sites for hydroxylation is 1. The molecule has 0 amide bonds. The number of aromatic nitrogens is 4. The van der Waals surface area contributed by atoms with E-state index in [1.165, 1.54) is 34.8 Å². The van der Waals surface area contributed by atoms with Crippen LogP contribution in [-0.2, 0) is 11.2 Å². The highest BCUT2D eigenvalue weighted by Crippen LogP contribution is 2.32. The van der Waals surface area contributed by atoms with Crippen molar-refractivity contribution in [1.82, 2.24) is 19.5 Å². The molecule has 1 aromatic carbocycles. The number of nitrogens with zero attached hydrogens (tertiary/aromatic N) is 5. The Morgan fingerprint density at radius 3 is 2.61 bits per heavy atom. The van der Waals surface area contributed by atoms with Gasteiger partial charge in [-0.05, 0) is 12.0 Å². The third-order valence-electron chi connectivity index (χ3n) is 4.99. The van der Waals surface area contributed by atoms with Gasteiger partial charge in [-0.3, -0.25) is 14.7 Å². The summed E-state index contributed by atoms with van der Waals surface area (Å²) < 4.78 is 7.01. The van der Waals surface area contributed by atoms with Crippen molar-refractivity contribution in [3.05, 3.63) is 46.3 Å². The third-order valence-corrected chi connectivity index (χ3v) is 5.84. The predicted molar refractivity (Wildman–Crippen MR) is 110 cm³/mol. The van der Waals surface area contributed by atoms with Crippen molar-refractivity contribution in [3.8, 4) is 0 Å². The molecule has 5 N–H and O–H groups in total. The van der Waals surface area contributed by atoms with Gasteiger partial charge in [0.15, 0.2) is 22.8 Å². The zero-order valence-corrected chi connectivity index (χ0v) is 16.9. The molecule has 0 saturated carbocycles. The van der Waals surface area contributed by atoms with Crippen LogP contribution in [0.25, 0.3) is 11.2 Å². The lowest BCUT2D eigenvalue weighted by Crippen LogP contribution is -2.33. The van der Waals surface area contributed by atoms with E-state index in [1.807, 2.05) is 0 Å². The second-order valence-corrected chi connectivity index (χ2v) is 8.03. The summed E-state index contributed by atoms with van der Waals surface area (Å²) in [5.74, 6) is 0.762. The molecule has 2 unspecified atom stereocenters. The van der Waals surface area contributed by atoms with Crippen LogP contribution in [0.4, 0.5) is 11.5 Å². The minimum absolute atomic E-state index is 0.0381. The first-order valence-corrected chi connectivity index (χ1v) is 10.4. The molecule has 4 rings (SSSR count). The van der Waals surface area contributed by atoms with Crippen LogP contribution in [0.15, 0.2) is 35.7 Å². The van der Waals surface area contributed by atoms with Gasteiger partial charge < -0.3 is 25.8 Å². The number of nitro benzene ring substituents is 1. The Bertz CT molecular complexity index is 1090. The molecule has 1 aliphatic heterocycles. The zero-order valence-electron chi connectivity index (χ0n) is 16.1. The van der Waals surface area contributed by atoms with Crippen molar-refractivity contribution < 1.29 is 25.0 Å². The molecule has 1 saturated heterocycles. The largest absolute Gasteiger partial charge is 0.394 e. The van der Waals surface area contributed by atoms with Gasteiger partial charge in [-0.1, -0.05) is 23.9 Å². The fourth-order valence-electron chi connectivity index (χ4n) is 3.32. The van der Waals surface area contributed by atoms with Crippen LogP contribution in [0.5, 0.6) is 0 Å². The average Bonchev–Trinajstić information content (AvgIpc) is 3.30. The van der Waals surface area contributed by atoms with E-state index in [2.05, 4.69) is 15.0 Å². The summed E-state index contributed by atoms with van der Waals surface area (Å²) in [6, 6.07) is 6.32. The van der Waals surface area contributed by atoms with E-state index in [1.54, 1.807) is 12.1 Å². The molecule has 0 bridgehead atoms. The third kappa shape index (κ3) is 4.18. The maximum atomic E-state index is 10.7. The maximum Gasteiger partial charge on any atom is 0.269 e. The number of non-ortho nitro benzene ring substituents is 1. The number of nitrogen functional groups attached to an aromatic ring is 1. The summed E-state index contributed by atoms with van der Waals surface area (Å²) >= 11 is 1.35. The van der Waals surface area contributed by atoms with E-state index < -0.39 is 36.1 Å². The minimum Gasteiger partial charge on any atom is -0.394 e. The number of hydrogen-bond acceptors (Lipinski definition) is 11. The zero-order chi connectivity index (χ0) is 22.1. The van der Waals surface area contributed by atoms with Gasteiger partial charge in [0.25, 0.3) is 5.69 Å². The van der Waals surface area contributed by atoms with Crippen molar-refractivity contribution in [2.24, 2.45) is 0 Å². The van der Waals surface area contributed by atoms with Crippen molar-refractivity contribution in [3.63, 3.8) is 0 Å². The highest BCUT2D eigenvalue weighted by atomic mass is 32.2. The summed E-state index contributed by atoms with van der Waals surface area (Å²) in [6.45, 7) is -0.442. The summed E-state index contributed by atoms with van der Waals surface area (Å²) in [4.78, 5) is 23.2. The molecular weight excluding hydrogens is 428 g/mol. The molecule has 2 aromatic heterocycles. The molecule has 31 heavy (non-hydrogen) atoms. The second kappa shape index (κ2) is 8.72. The first-order valence-electron chi connectivity index (χ1n) is 9.37. The summed E-state index contributed by atoms with van der Waals surface area (Å²) in [7, 11) is 0. The van der Waals surface area contributed by atoms with Crippen LogP contribution in [0.1, 0.15) is 11.8 Å². The van der Waals surface area contributed by atoms with Crippen molar-refractivity contribution in [2.75, 3.05) is 18.1 Å². The van der Waals surface area contributed by atoms with E-state index in [4.69, 9.17) is 10.5 Å². The number of hydrogen-bond donors (Lipinski definition) is 4. The van der Waals surface area contributed by atoms with E-state index in [0.717, 1.165) is 5.56 Å². The number of benzene rings is 1. The molecule has 1 fully saturated rings. The minimum atomic E-state index is -1.27. The van der Waals surface area contributed by atoms with Crippen LogP contribution < -0.4 is 5.73 Å². The Labute approximate surface area is 179 Å². The molecule has 0 aliphatic carbocycles. The van der Waals surface area contributed by atoms with Crippen molar-refractivity contribution >= 4 is 34.4 Å². The first kappa shape index (κ1) is 21.4. The number of ether oxygens (including phenoxy) is 1. The number of aliphatic hydroxyl groups excluding tert-OH is 3. The van der Waals surface area contributed by atoms with E-state index in [-0.39, 0.29) is 11.5 Å². The molecule has 12 nitrogen and oxygen atoms in total. The molecule has 3 aromatic rings. The number of nitro groups is 1. The van der Waals surface area contributed by atoms with Crippen molar-refractivity contribution in [1.29, 1.82) is 0 Å². The molecular formula is C18H20N6O6S. The molecule has 3 heterocycles. The number of aliphatic hydroxyl groups is 3. The Balaban J connectivity index is 1.50. The lowest BCUT2D eigenvalue weighted by atomic mass is 10.1. The number of fused-ring (bicyclic) bond motifs is 1. The standard InChI is InChI=1S/C18H20N6O6S/c19-15-12-16(23(8-20-12)17-14(27)13(26)11(7-25)30-17)22-18(21-15)31-6-5-9-1-3-10(4-2-9)24(28)29/h1-4,8,11,13-14,17,25-27H,5-7H2,(H2,19,21,22)/t11-,13?,14?,17-/m1/s1. The highest BCUT2D eigenvalue weighted by Gasteiger charge is 2.44. The smallest absolute Gasteiger partial charge is 0.269 e. The molecule has 4 atom stereocenters. The Morgan fingerprint density at radius 2 is 1.97 bits per heavy atom. The van der Waals surface area contributed by atoms with Gasteiger partial charge in [0, 0.05) is 17.9 Å². The van der Waals surface area contributed by atoms with Gasteiger partial charge in [0.05, 0.1) is 17.9 Å². The van der Waals surface area contributed by atoms with Crippen LogP contribution in [0.2, 0.25) is 0 Å². The molecule has 164 valence electrons. The molecule has 13 heteroatoms. The van der Waals surface area contributed by atoms with Gasteiger partial charge in [-0.2, -0.15) is 0 Å². The van der Waals surface area contributed by atoms with Crippen molar-refractivity contribution in [2.45, 2.75) is 36.1 Å². The number of nitrogens with two attached hydrogens (primary N) is 1. The van der Waals surface area contributed by atoms with Crippen LogP contribution in [-0.4, -0.2) is 70.4 Å². The van der Waals surface area contributed by atoms with Gasteiger partial charge in [0.2, 0.25) is 0 Å². The normalized spacial score (nSPS) is 23.5. The monoisotopic (exact) mass is 448 g/mol. The Hall–Kier alpha value is -2.84. The summed E-state index contributed by atoms with van der Waals surface area (Å²) in [5.41, 5.74) is 7.65. The number of anilines is 1. The second-order valence-electron chi connectivity index (χ2n) is 6.97. The van der Waals surface area contributed by atoms with Gasteiger partial charge >= 0.3 is 0 Å². The van der Waals surface area contributed by atoms with Crippen LogP contribution in [0, 0.1) is 10.1 Å². The van der Waals surface area contributed by atoms with Gasteiger partial charge in [-0.15, -0.1) is 0 Å². The van der Waals surface area contributed by atoms with E-state index in [0.29, 0.717) is 28.5 Å². The fraction of sp³-hybridized carbons (Fsp3) is 0.389. The Morgan fingerprint density at radius 1 is 1.23 bits per heavy atom. The topological polar surface area (TPSA) is 183 Å². The molecule has 1 aliphatic rings. The quantitative estimate of drug-likeness (QED) is 0.168. The number of imidazole rings is 1. The Kier molecular flexibility index (Phi) is 6.02. The lowest BCUT2D eigenvalue weighted by Gasteiger charge is -2.16. The average molecular weight is 448 g/mol. The highest BCUT2D eigenvalue weighted by molar-refractivity contribution is 7.99.